The van der Waals surface area contributed by atoms with Gasteiger partial charge in [0.15, 0.2) is 0 Å². The van der Waals surface area contributed by atoms with Crippen molar-refractivity contribution >= 4 is 26.0 Å². The maximum Gasteiger partial charge on any atom is 0.243 e. The van der Waals surface area contributed by atoms with Gasteiger partial charge in [-0.15, -0.1) is 0 Å². The van der Waals surface area contributed by atoms with E-state index in [0.29, 0.717) is 29.8 Å². The van der Waals surface area contributed by atoms with Crippen molar-refractivity contribution in [3.63, 3.8) is 0 Å². The molecule has 0 amide bonds. The Morgan fingerprint density at radius 3 is 2.37 bits per heavy atom. The lowest BCUT2D eigenvalue weighted by Crippen LogP contribution is -2.42. The molecule has 0 aliphatic carbocycles. The van der Waals surface area contributed by atoms with Crippen LogP contribution in [0.25, 0.3) is 0 Å². The van der Waals surface area contributed by atoms with Gasteiger partial charge in [0.2, 0.25) is 10.0 Å². The highest BCUT2D eigenvalue weighted by molar-refractivity contribution is 9.10. The molecule has 1 heterocycles. The summed E-state index contributed by atoms with van der Waals surface area (Å²) >= 11 is 3.35. The summed E-state index contributed by atoms with van der Waals surface area (Å²) in [6.07, 6.45) is 1.10. The van der Waals surface area contributed by atoms with Gasteiger partial charge in [-0.25, -0.2) is 8.42 Å². The van der Waals surface area contributed by atoms with E-state index in [1.807, 2.05) is 19.1 Å². The van der Waals surface area contributed by atoms with Crippen LogP contribution in [0.4, 0.5) is 0 Å². The van der Waals surface area contributed by atoms with E-state index in [9.17, 15) is 8.42 Å². The minimum Gasteiger partial charge on any atom is -0.207 e. The van der Waals surface area contributed by atoms with Gasteiger partial charge in [0.1, 0.15) is 0 Å². The van der Waals surface area contributed by atoms with E-state index in [2.05, 4.69) is 29.8 Å². The van der Waals surface area contributed by atoms with E-state index >= 15 is 0 Å². The summed E-state index contributed by atoms with van der Waals surface area (Å²) in [4.78, 5) is 0.420. The van der Waals surface area contributed by atoms with Crippen molar-refractivity contribution in [1.82, 2.24) is 4.31 Å². The SMILES string of the molecule is Cc1ccc(Br)cc1S(=O)(=O)N1C[C@H](C)C[C@H](C)C1. The largest absolute Gasteiger partial charge is 0.243 e. The van der Waals surface area contributed by atoms with Gasteiger partial charge in [0, 0.05) is 17.6 Å². The maximum atomic E-state index is 12.8. The number of hydrogen-bond acceptors (Lipinski definition) is 2. The molecular weight excluding hydrogens is 326 g/mol. The van der Waals surface area contributed by atoms with Crippen LogP contribution in [0.1, 0.15) is 25.8 Å². The monoisotopic (exact) mass is 345 g/mol. The number of piperidine rings is 1. The van der Waals surface area contributed by atoms with Gasteiger partial charge in [-0.3, -0.25) is 0 Å². The highest BCUT2D eigenvalue weighted by Gasteiger charge is 2.32. The Bertz CT molecular complexity index is 561. The number of rotatable bonds is 2. The molecule has 1 fully saturated rings. The summed E-state index contributed by atoms with van der Waals surface area (Å²) in [6.45, 7) is 7.32. The van der Waals surface area contributed by atoms with Crippen LogP contribution < -0.4 is 0 Å². The summed E-state index contributed by atoms with van der Waals surface area (Å²) in [5, 5.41) is 0. The Balaban J connectivity index is 2.39. The minimum atomic E-state index is -3.38. The smallest absolute Gasteiger partial charge is 0.207 e. The van der Waals surface area contributed by atoms with E-state index in [1.165, 1.54) is 0 Å². The van der Waals surface area contributed by atoms with Crippen LogP contribution in [-0.2, 0) is 10.0 Å². The number of halogens is 1. The summed E-state index contributed by atoms with van der Waals surface area (Å²) < 4.78 is 28.0. The first-order valence-corrected chi connectivity index (χ1v) is 8.80. The molecule has 0 bridgehead atoms. The second kappa shape index (κ2) is 5.54. The molecule has 0 unspecified atom stereocenters. The maximum absolute atomic E-state index is 12.8. The van der Waals surface area contributed by atoms with Gasteiger partial charge < -0.3 is 0 Å². The molecular formula is C14H20BrNO2S. The predicted molar refractivity (Wildman–Crippen MR) is 80.6 cm³/mol. The second-order valence-electron chi connectivity index (χ2n) is 5.68. The molecule has 1 saturated heterocycles. The summed E-state index contributed by atoms with van der Waals surface area (Å²) in [7, 11) is -3.38. The summed E-state index contributed by atoms with van der Waals surface area (Å²) in [6, 6.07) is 5.41. The van der Waals surface area contributed by atoms with E-state index in [1.54, 1.807) is 10.4 Å². The highest BCUT2D eigenvalue weighted by Crippen LogP contribution is 2.29. The van der Waals surface area contributed by atoms with Crippen molar-refractivity contribution in [2.75, 3.05) is 13.1 Å². The summed E-state index contributed by atoms with van der Waals surface area (Å²) in [5.41, 5.74) is 0.800. The normalized spacial score (nSPS) is 25.5. The molecule has 2 rings (SSSR count). The minimum absolute atomic E-state index is 0.420. The molecule has 0 aromatic heterocycles. The van der Waals surface area contributed by atoms with Gasteiger partial charge in [-0.05, 0) is 42.9 Å². The van der Waals surface area contributed by atoms with Gasteiger partial charge in [-0.2, -0.15) is 4.31 Å². The molecule has 0 spiro atoms. The van der Waals surface area contributed by atoms with Crippen LogP contribution >= 0.6 is 15.9 Å². The van der Waals surface area contributed by atoms with Crippen LogP contribution in [0.15, 0.2) is 27.6 Å². The number of sulfonamides is 1. The van der Waals surface area contributed by atoms with Crippen LogP contribution in [-0.4, -0.2) is 25.8 Å². The number of hydrogen-bond donors (Lipinski definition) is 0. The first-order chi connectivity index (χ1) is 8.80. The summed E-state index contributed by atoms with van der Waals surface area (Å²) in [5.74, 6) is 0.844. The molecule has 19 heavy (non-hydrogen) atoms. The zero-order valence-electron chi connectivity index (χ0n) is 11.6. The first kappa shape index (κ1) is 15.0. The van der Waals surface area contributed by atoms with Crippen molar-refractivity contribution in [2.45, 2.75) is 32.1 Å². The molecule has 0 saturated carbocycles. The molecule has 1 aliphatic heterocycles. The number of nitrogens with zero attached hydrogens (tertiary/aromatic N) is 1. The molecule has 5 heteroatoms. The van der Waals surface area contributed by atoms with E-state index < -0.39 is 10.0 Å². The average molecular weight is 346 g/mol. The van der Waals surface area contributed by atoms with Crippen LogP contribution in [0, 0.1) is 18.8 Å². The zero-order chi connectivity index (χ0) is 14.2. The lowest BCUT2D eigenvalue weighted by Gasteiger charge is -2.34. The van der Waals surface area contributed by atoms with Crippen LogP contribution in [0.5, 0.6) is 0 Å². The van der Waals surface area contributed by atoms with Gasteiger partial charge >= 0.3 is 0 Å². The Labute approximate surface area is 124 Å². The fourth-order valence-corrected chi connectivity index (χ4v) is 5.24. The predicted octanol–water partition coefficient (Wildman–Crippen LogP) is 3.42. The average Bonchev–Trinajstić information content (AvgIpc) is 2.31. The quantitative estimate of drug-likeness (QED) is 0.823. The van der Waals surface area contributed by atoms with Crippen molar-refractivity contribution in [3.05, 3.63) is 28.2 Å². The van der Waals surface area contributed by atoms with Gasteiger partial charge in [0.05, 0.1) is 4.90 Å². The molecule has 3 nitrogen and oxygen atoms in total. The third-order valence-corrected chi connectivity index (χ3v) is 6.07. The molecule has 1 aliphatic rings. The molecule has 106 valence electrons. The van der Waals surface area contributed by atoms with Crippen molar-refractivity contribution < 1.29 is 8.42 Å². The Morgan fingerprint density at radius 1 is 1.21 bits per heavy atom. The zero-order valence-corrected chi connectivity index (χ0v) is 14.0. The lowest BCUT2D eigenvalue weighted by atomic mass is 9.94. The fraction of sp³-hybridized carbons (Fsp3) is 0.571. The lowest BCUT2D eigenvalue weighted by molar-refractivity contribution is 0.222. The molecule has 0 N–H and O–H groups in total. The third-order valence-electron chi connectivity index (χ3n) is 3.60. The second-order valence-corrected chi connectivity index (χ2v) is 8.50. The van der Waals surface area contributed by atoms with Crippen LogP contribution in [0.2, 0.25) is 0 Å². The van der Waals surface area contributed by atoms with Crippen molar-refractivity contribution in [1.29, 1.82) is 0 Å². The van der Waals surface area contributed by atoms with Crippen molar-refractivity contribution in [3.8, 4) is 0 Å². The number of aryl methyl sites for hydroxylation is 1. The van der Waals surface area contributed by atoms with E-state index in [0.717, 1.165) is 16.5 Å². The third kappa shape index (κ3) is 3.20. The van der Waals surface area contributed by atoms with E-state index in [4.69, 9.17) is 0 Å². The molecule has 2 atom stereocenters. The Hall–Kier alpha value is -0.390. The Morgan fingerprint density at radius 2 is 1.79 bits per heavy atom. The van der Waals surface area contributed by atoms with Crippen LogP contribution in [0.3, 0.4) is 0 Å². The molecule has 1 aromatic rings. The topological polar surface area (TPSA) is 37.4 Å². The first-order valence-electron chi connectivity index (χ1n) is 6.57. The molecule has 1 aromatic carbocycles. The standard InChI is InChI=1S/C14H20BrNO2S/c1-10-6-11(2)9-16(8-10)19(17,18)14-7-13(15)5-4-12(14)3/h4-5,7,10-11H,6,8-9H2,1-3H3/t10-,11+. The highest BCUT2D eigenvalue weighted by atomic mass is 79.9. The van der Waals surface area contributed by atoms with E-state index in [-0.39, 0.29) is 0 Å². The van der Waals surface area contributed by atoms with Gasteiger partial charge in [0.25, 0.3) is 0 Å². The Kier molecular flexibility index (Phi) is 4.38. The fourth-order valence-electron chi connectivity index (χ4n) is 2.79. The molecule has 0 radical (unpaired) electrons. The number of benzene rings is 1. The van der Waals surface area contributed by atoms with Crippen molar-refractivity contribution in [2.24, 2.45) is 11.8 Å². The van der Waals surface area contributed by atoms with Gasteiger partial charge in [-0.1, -0.05) is 35.8 Å².